The Morgan fingerprint density at radius 3 is 2.24 bits per heavy atom. The highest BCUT2D eigenvalue weighted by Gasteiger charge is 2.47. The van der Waals surface area contributed by atoms with E-state index in [0.29, 0.717) is 5.75 Å². The molecule has 0 amide bonds. The molecular formula is C27H32O15. The molecule has 2 unspecified atom stereocenters. The van der Waals surface area contributed by atoms with E-state index in [-0.39, 0.29) is 45.8 Å². The summed E-state index contributed by atoms with van der Waals surface area (Å²) in [6, 6.07) is 6.10. The molecule has 0 spiro atoms. The van der Waals surface area contributed by atoms with E-state index in [9.17, 15) is 35.4 Å². The highest BCUT2D eigenvalue weighted by atomic mass is 16.7. The molecular weight excluding hydrogens is 564 g/mol. The Kier molecular flexibility index (Phi) is 8.75. The van der Waals surface area contributed by atoms with Crippen molar-refractivity contribution in [2.75, 3.05) is 34.5 Å². The summed E-state index contributed by atoms with van der Waals surface area (Å²) in [6.45, 7) is -0.826. The van der Waals surface area contributed by atoms with Gasteiger partial charge in [0.25, 0.3) is 0 Å². The van der Waals surface area contributed by atoms with E-state index in [1.165, 1.54) is 33.5 Å². The van der Waals surface area contributed by atoms with E-state index in [4.69, 9.17) is 37.6 Å². The molecule has 15 heteroatoms. The summed E-state index contributed by atoms with van der Waals surface area (Å²) in [7, 11) is 4.10. The minimum atomic E-state index is -1.82. The van der Waals surface area contributed by atoms with Crippen molar-refractivity contribution in [3.8, 4) is 23.0 Å². The van der Waals surface area contributed by atoms with Gasteiger partial charge in [-0.2, -0.15) is 0 Å². The zero-order valence-electron chi connectivity index (χ0n) is 22.8. The Bertz CT molecular complexity index is 1470. The molecule has 230 valence electrons. The summed E-state index contributed by atoms with van der Waals surface area (Å²) in [5, 5.41) is 61.7. The van der Waals surface area contributed by atoms with Gasteiger partial charge >= 0.3 is 0 Å². The Hall–Kier alpha value is -3.25. The number of aliphatic hydroxyl groups excluding tert-OH is 6. The van der Waals surface area contributed by atoms with Gasteiger partial charge in [-0.25, -0.2) is 0 Å². The number of ether oxygens (including phenoxy) is 7. The number of hydrogen-bond acceptors (Lipinski definition) is 15. The first-order valence-electron chi connectivity index (χ1n) is 12.9. The molecule has 0 saturated carbocycles. The monoisotopic (exact) mass is 596 g/mol. The van der Waals surface area contributed by atoms with Crippen LogP contribution in [-0.2, 0) is 14.2 Å². The van der Waals surface area contributed by atoms with Gasteiger partial charge in [-0.15, -0.1) is 0 Å². The Labute approximate surface area is 237 Å². The Morgan fingerprint density at radius 1 is 0.810 bits per heavy atom. The molecule has 2 saturated heterocycles. The first-order valence-corrected chi connectivity index (χ1v) is 12.9. The highest BCUT2D eigenvalue weighted by molar-refractivity contribution is 5.96. The van der Waals surface area contributed by atoms with Crippen LogP contribution in [0.1, 0.15) is 0 Å². The van der Waals surface area contributed by atoms with Crippen LogP contribution in [0.15, 0.2) is 33.5 Å². The van der Waals surface area contributed by atoms with Gasteiger partial charge in [-0.1, -0.05) is 0 Å². The van der Waals surface area contributed by atoms with Crippen LogP contribution >= 0.6 is 0 Å². The molecule has 2 fully saturated rings. The second kappa shape index (κ2) is 12.2. The minimum absolute atomic E-state index is 0.0463. The second-order valence-corrected chi connectivity index (χ2v) is 9.82. The smallest absolute Gasteiger partial charge is 0.229 e. The van der Waals surface area contributed by atoms with Gasteiger partial charge in [0.15, 0.2) is 17.8 Å². The van der Waals surface area contributed by atoms with Crippen molar-refractivity contribution < 1.29 is 68.2 Å². The molecule has 2 aliphatic heterocycles. The molecule has 2 aromatic carbocycles. The maximum Gasteiger partial charge on any atom is 0.229 e. The number of benzene rings is 2. The lowest BCUT2D eigenvalue weighted by molar-refractivity contribution is -0.307. The molecule has 1 aromatic heterocycles. The van der Waals surface area contributed by atoms with Crippen LogP contribution in [0.25, 0.3) is 21.9 Å². The lowest BCUT2D eigenvalue weighted by Gasteiger charge is -2.41. The van der Waals surface area contributed by atoms with Crippen molar-refractivity contribution in [2.24, 2.45) is 0 Å². The van der Waals surface area contributed by atoms with Crippen molar-refractivity contribution in [1.82, 2.24) is 0 Å². The van der Waals surface area contributed by atoms with Gasteiger partial charge < -0.3 is 68.2 Å². The Balaban J connectivity index is 1.50. The Morgan fingerprint density at radius 2 is 1.55 bits per heavy atom. The van der Waals surface area contributed by atoms with Crippen LogP contribution in [0, 0.1) is 0 Å². The predicted octanol–water partition coefficient (Wildman–Crippen LogP) is -1.39. The maximum absolute atomic E-state index is 13.7. The van der Waals surface area contributed by atoms with E-state index in [0.717, 1.165) is 0 Å². The lowest BCUT2D eigenvalue weighted by Crippen LogP contribution is -2.61. The molecule has 9 atom stereocenters. The number of fused-ring (bicyclic) bond motifs is 2. The molecule has 0 bridgehead atoms. The molecule has 42 heavy (non-hydrogen) atoms. The second-order valence-electron chi connectivity index (χ2n) is 9.82. The SMILES string of the molecule is COc1ccc2oc3cc(OC)c(OC)c(OC4O[C@H](COC5OC[C@@H](O)[C@H](O)[C@H]5O)[C@@H](O)[C@H](O)[C@H]4O)c3c(=O)c2c1. The fourth-order valence-electron chi connectivity index (χ4n) is 4.89. The van der Waals surface area contributed by atoms with Gasteiger partial charge in [0.05, 0.1) is 39.9 Å². The maximum atomic E-state index is 13.7. The third kappa shape index (κ3) is 5.34. The van der Waals surface area contributed by atoms with Crippen molar-refractivity contribution in [2.45, 2.75) is 55.3 Å². The largest absolute Gasteiger partial charge is 0.497 e. The van der Waals surface area contributed by atoms with Crippen molar-refractivity contribution >= 4 is 21.9 Å². The van der Waals surface area contributed by atoms with Gasteiger partial charge in [-0.3, -0.25) is 4.79 Å². The standard InChI is InChI=1S/C27H32O15/c1-35-10-4-5-13-11(6-10)18(29)17-14(40-13)7-15(36-2)24(37-3)25(17)42-27-23(34)21(32)20(31)16(41-27)9-39-26-22(33)19(30)12(28)8-38-26/h4-7,12,16,19-23,26-28,30-34H,8-9H2,1-3H3/t12-,16-,19+,20-,21+,22-,23-,26?,27?/m1/s1. The molecule has 5 rings (SSSR count). The van der Waals surface area contributed by atoms with Gasteiger partial charge in [0.2, 0.25) is 17.5 Å². The van der Waals surface area contributed by atoms with Crippen LogP contribution in [0.3, 0.4) is 0 Å². The van der Waals surface area contributed by atoms with E-state index in [2.05, 4.69) is 0 Å². The average molecular weight is 597 g/mol. The number of rotatable bonds is 8. The van der Waals surface area contributed by atoms with Crippen molar-refractivity contribution in [1.29, 1.82) is 0 Å². The number of hydrogen-bond donors (Lipinski definition) is 6. The summed E-state index contributed by atoms with van der Waals surface area (Å²) < 4.78 is 44.4. The summed E-state index contributed by atoms with van der Waals surface area (Å²) in [5.41, 5.74) is -0.225. The highest BCUT2D eigenvalue weighted by Crippen LogP contribution is 2.44. The quantitative estimate of drug-likeness (QED) is 0.165. The van der Waals surface area contributed by atoms with Crippen LogP contribution in [0.5, 0.6) is 23.0 Å². The molecule has 2 aliphatic rings. The van der Waals surface area contributed by atoms with Crippen LogP contribution in [-0.4, -0.2) is 120 Å². The molecule has 3 heterocycles. The van der Waals surface area contributed by atoms with Gasteiger partial charge in [0.1, 0.15) is 65.0 Å². The van der Waals surface area contributed by atoms with Crippen LogP contribution in [0.2, 0.25) is 0 Å². The van der Waals surface area contributed by atoms with Crippen LogP contribution < -0.4 is 24.4 Å². The summed E-state index contributed by atoms with van der Waals surface area (Å²) in [5.74, 6) is 0.235. The van der Waals surface area contributed by atoms with E-state index < -0.39 is 67.3 Å². The van der Waals surface area contributed by atoms with E-state index in [1.807, 2.05) is 0 Å². The van der Waals surface area contributed by atoms with Crippen molar-refractivity contribution in [3.63, 3.8) is 0 Å². The first-order chi connectivity index (χ1) is 20.1. The fraction of sp³-hybridized carbons (Fsp3) is 0.519. The van der Waals surface area contributed by atoms with Gasteiger partial charge in [0, 0.05) is 6.07 Å². The van der Waals surface area contributed by atoms with E-state index >= 15 is 0 Å². The summed E-state index contributed by atoms with van der Waals surface area (Å²) in [4.78, 5) is 13.7. The van der Waals surface area contributed by atoms with E-state index in [1.54, 1.807) is 12.1 Å². The third-order valence-corrected chi connectivity index (χ3v) is 7.25. The van der Waals surface area contributed by atoms with Gasteiger partial charge in [-0.05, 0) is 18.2 Å². The number of aliphatic hydroxyl groups is 6. The molecule has 0 aliphatic carbocycles. The molecule has 6 N–H and O–H groups in total. The predicted molar refractivity (Wildman–Crippen MR) is 141 cm³/mol. The third-order valence-electron chi connectivity index (χ3n) is 7.25. The topological polar surface area (TPSA) is 216 Å². The molecule has 3 aromatic rings. The zero-order chi connectivity index (χ0) is 30.3. The summed E-state index contributed by atoms with van der Waals surface area (Å²) >= 11 is 0. The van der Waals surface area contributed by atoms with Crippen molar-refractivity contribution in [3.05, 3.63) is 34.5 Å². The first kappa shape index (κ1) is 30.2. The zero-order valence-corrected chi connectivity index (χ0v) is 22.8. The number of methoxy groups -OCH3 is 3. The minimum Gasteiger partial charge on any atom is -0.497 e. The summed E-state index contributed by atoms with van der Waals surface area (Å²) in [6.07, 6.45) is -14.2. The molecule has 15 nitrogen and oxygen atoms in total. The average Bonchev–Trinajstić information content (AvgIpc) is 2.99. The fourth-order valence-corrected chi connectivity index (χ4v) is 4.89. The van der Waals surface area contributed by atoms with Crippen LogP contribution in [0.4, 0.5) is 0 Å². The normalized spacial score (nSPS) is 31.7. The lowest BCUT2D eigenvalue weighted by atomic mass is 9.99. The molecule has 0 radical (unpaired) electrons.